The second-order valence-corrected chi connectivity index (χ2v) is 7.55. The molecule has 0 aromatic rings. The van der Waals surface area contributed by atoms with E-state index in [2.05, 4.69) is 24.5 Å². The fraction of sp³-hybridized carbons (Fsp3) is 1.00. The first-order valence-corrected chi connectivity index (χ1v) is 8.26. The van der Waals surface area contributed by atoms with Crippen molar-refractivity contribution in [2.45, 2.75) is 83.0 Å². The van der Waals surface area contributed by atoms with Crippen LogP contribution in [0.5, 0.6) is 0 Å². The Labute approximate surface area is 117 Å². The molecule has 3 N–H and O–H groups in total. The van der Waals surface area contributed by atoms with Crippen LogP contribution in [0.1, 0.15) is 58.8 Å². The molecule has 1 saturated heterocycles. The topological polar surface area (TPSA) is 44.3 Å². The summed E-state index contributed by atoms with van der Waals surface area (Å²) in [5, 5.41) is 17.5. The lowest BCUT2D eigenvalue weighted by Gasteiger charge is -2.52. The second kappa shape index (κ2) is 5.34. The van der Waals surface area contributed by atoms with E-state index in [4.69, 9.17) is 0 Å². The van der Waals surface area contributed by atoms with Crippen molar-refractivity contribution in [1.82, 2.24) is 10.6 Å². The van der Waals surface area contributed by atoms with Crippen LogP contribution >= 0.6 is 0 Å². The van der Waals surface area contributed by atoms with Crippen LogP contribution in [-0.4, -0.2) is 35.9 Å². The Hall–Kier alpha value is -0.120. The maximum absolute atomic E-state index is 9.90. The third-order valence-electron chi connectivity index (χ3n) is 6.07. The predicted molar refractivity (Wildman–Crippen MR) is 78.1 cm³/mol. The first kappa shape index (κ1) is 13.8. The molecule has 0 bridgehead atoms. The summed E-state index contributed by atoms with van der Waals surface area (Å²) < 4.78 is 0. The smallest absolute Gasteiger partial charge is 0.0621 e. The summed E-state index contributed by atoms with van der Waals surface area (Å²) in [6.45, 7) is 5.61. The molecular weight excluding hydrogens is 236 g/mol. The van der Waals surface area contributed by atoms with Crippen LogP contribution in [0, 0.1) is 11.3 Å². The summed E-state index contributed by atoms with van der Waals surface area (Å²) in [4.78, 5) is 0. The molecule has 0 aromatic carbocycles. The van der Waals surface area contributed by atoms with E-state index in [1.54, 1.807) is 0 Å². The fourth-order valence-electron chi connectivity index (χ4n) is 4.37. The van der Waals surface area contributed by atoms with Gasteiger partial charge in [0.15, 0.2) is 0 Å². The lowest BCUT2D eigenvalue weighted by molar-refractivity contribution is -0.0799. The van der Waals surface area contributed by atoms with Crippen LogP contribution in [0.3, 0.4) is 0 Å². The minimum atomic E-state index is -0.114. The summed E-state index contributed by atoms with van der Waals surface area (Å²) in [6.07, 6.45) is 9.01. The summed E-state index contributed by atoms with van der Waals surface area (Å²) in [5.74, 6) is 0.810. The Morgan fingerprint density at radius 1 is 1.11 bits per heavy atom. The average molecular weight is 266 g/mol. The Morgan fingerprint density at radius 3 is 2.53 bits per heavy atom. The molecule has 5 unspecified atom stereocenters. The Kier molecular flexibility index (Phi) is 3.89. The highest BCUT2D eigenvalue weighted by molar-refractivity contribution is 5.04. The third kappa shape index (κ3) is 2.57. The van der Waals surface area contributed by atoms with E-state index >= 15 is 0 Å². The van der Waals surface area contributed by atoms with Crippen molar-refractivity contribution in [2.75, 3.05) is 6.54 Å². The maximum atomic E-state index is 9.90. The van der Waals surface area contributed by atoms with E-state index in [1.165, 1.54) is 45.1 Å². The average Bonchev–Trinajstić information content (AvgIpc) is 2.93. The highest BCUT2D eigenvalue weighted by Gasteiger charge is 2.48. The van der Waals surface area contributed by atoms with Gasteiger partial charge in [-0.2, -0.15) is 0 Å². The zero-order valence-corrected chi connectivity index (χ0v) is 12.5. The van der Waals surface area contributed by atoms with E-state index in [0.29, 0.717) is 12.1 Å². The molecule has 3 heteroatoms. The highest BCUT2D eigenvalue weighted by Crippen LogP contribution is 2.42. The van der Waals surface area contributed by atoms with Gasteiger partial charge in [0.1, 0.15) is 0 Å². The van der Waals surface area contributed by atoms with Gasteiger partial charge in [0.05, 0.1) is 6.10 Å². The molecule has 3 rings (SSSR count). The SMILES string of the molecule is CC1(C)C(O)CC1NC1CCCCC1C1CCCN1. The predicted octanol–water partition coefficient (Wildman–Crippen LogP) is 2.05. The van der Waals surface area contributed by atoms with E-state index in [-0.39, 0.29) is 11.5 Å². The maximum Gasteiger partial charge on any atom is 0.0621 e. The molecule has 2 aliphatic carbocycles. The minimum absolute atomic E-state index is 0.0606. The molecular formula is C16H30N2O. The van der Waals surface area contributed by atoms with Crippen LogP contribution in [0.15, 0.2) is 0 Å². The van der Waals surface area contributed by atoms with Gasteiger partial charge >= 0.3 is 0 Å². The number of hydrogen-bond donors (Lipinski definition) is 3. The molecule has 3 aliphatic rings. The molecule has 110 valence electrons. The molecule has 0 amide bonds. The van der Waals surface area contributed by atoms with E-state index in [0.717, 1.165) is 18.4 Å². The minimum Gasteiger partial charge on any atom is -0.392 e. The van der Waals surface area contributed by atoms with Gasteiger partial charge in [-0.25, -0.2) is 0 Å². The lowest BCUT2D eigenvalue weighted by Crippen LogP contribution is -2.64. The number of rotatable bonds is 3. The van der Waals surface area contributed by atoms with Crippen molar-refractivity contribution < 1.29 is 5.11 Å². The number of hydrogen-bond acceptors (Lipinski definition) is 3. The van der Waals surface area contributed by atoms with Gasteiger partial charge in [-0.1, -0.05) is 26.7 Å². The molecule has 0 aromatic heterocycles. The summed E-state index contributed by atoms with van der Waals surface area (Å²) in [6, 6.07) is 1.92. The normalized spacial score (nSPS) is 45.9. The van der Waals surface area contributed by atoms with Crippen LogP contribution < -0.4 is 10.6 Å². The second-order valence-electron chi connectivity index (χ2n) is 7.55. The van der Waals surface area contributed by atoms with Crippen LogP contribution in [0.25, 0.3) is 0 Å². The zero-order valence-electron chi connectivity index (χ0n) is 12.5. The van der Waals surface area contributed by atoms with Crippen molar-refractivity contribution in [2.24, 2.45) is 11.3 Å². The van der Waals surface area contributed by atoms with Crippen LogP contribution in [0.2, 0.25) is 0 Å². The molecule has 0 radical (unpaired) electrons. The quantitative estimate of drug-likeness (QED) is 0.732. The van der Waals surface area contributed by atoms with Gasteiger partial charge < -0.3 is 15.7 Å². The Morgan fingerprint density at radius 2 is 1.89 bits per heavy atom. The van der Waals surface area contributed by atoms with Gasteiger partial charge in [0.25, 0.3) is 0 Å². The van der Waals surface area contributed by atoms with Crippen LogP contribution in [-0.2, 0) is 0 Å². The van der Waals surface area contributed by atoms with Crippen molar-refractivity contribution in [3.05, 3.63) is 0 Å². The largest absolute Gasteiger partial charge is 0.392 e. The number of aliphatic hydroxyl groups excluding tert-OH is 1. The van der Waals surface area contributed by atoms with Crippen molar-refractivity contribution in [3.63, 3.8) is 0 Å². The van der Waals surface area contributed by atoms with Gasteiger partial charge in [-0.3, -0.25) is 0 Å². The molecule has 3 fully saturated rings. The third-order valence-corrected chi connectivity index (χ3v) is 6.07. The summed E-state index contributed by atoms with van der Waals surface area (Å²) in [7, 11) is 0. The molecule has 3 nitrogen and oxygen atoms in total. The number of aliphatic hydroxyl groups is 1. The molecule has 2 saturated carbocycles. The van der Waals surface area contributed by atoms with Gasteiger partial charge in [0, 0.05) is 23.5 Å². The molecule has 5 atom stereocenters. The first-order chi connectivity index (χ1) is 9.09. The van der Waals surface area contributed by atoms with Gasteiger partial charge in [-0.05, 0) is 44.6 Å². The van der Waals surface area contributed by atoms with Crippen molar-refractivity contribution in [1.29, 1.82) is 0 Å². The van der Waals surface area contributed by atoms with E-state index in [1.807, 2.05) is 0 Å². The fourth-order valence-corrected chi connectivity index (χ4v) is 4.37. The van der Waals surface area contributed by atoms with Crippen molar-refractivity contribution in [3.8, 4) is 0 Å². The molecule has 19 heavy (non-hydrogen) atoms. The van der Waals surface area contributed by atoms with E-state index < -0.39 is 0 Å². The molecule has 0 spiro atoms. The van der Waals surface area contributed by atoms with Crippen molar-refractivity contribution >= 4 is 0 Å². The molecule has 1 aliphatic heterocycles. The summed E-state index contributed by atoms with van der Waals surface area (Å²) >= 11 is 0. The van der Waals surface area contributed by atoms with Crippen LogP contribution in [0.4, 0.5) is 0 Å². The first-order valence-electron chi connectivity index (χ1n) is 8.26. The molecule has 1 heterocycles. The van der Waals surface area contributed by atoms with Gasteiger partial charge in [0.2, 0.25) is 0 Å². The van der Waals surface area contributed by atoms with E-state index in [9.17, 15) is 5.11 Å². The number of nitrogens with one attached hydrogen (secondary N) is 2. The monoisotopic (exact) mass is 266 g/mol. The summed E-state index contributed by atoms with van der Waals surface area (Å²) in [5.41, 5.74) is 0.0606. The standard InChI is InChI=1S/C16H30N2O/c1-16(2)14(10-15(16)19)18-13-7-4-3-6-11(13)12-8-5-9-17-12/h11-15,17-19H,3-10H2,1-2H3. The lowest BCUT2D eigenvalue weighted by atomic mass is 9.64. The highest BCUT2D eigenvalue weighted by atomic mass is 16.3. The Bertz CT molecular complexity index is 312. The Balaban J connectivity index is 1.61. The zero-order chi connectivity index (χ0) is 13.5. The van der Waals surface area contributed by atoms with Gasteiger partial charge in [-0.15, -0.1) is 0 Å².